The van der Waals surface area contributed by atoms with Gasteiger partial charge in [0.1, 0.15) is 30.2 Å². The second kappa shape index (κ2) is 8.23. The van der Waals surface area contributed by atoms with Crippen LogP contribution in [0, 0.1) is 0 Å². The first-order valence-corrected chi connectivity index (χ1v) is 7.12. The Hall–Kier alpha value is -1.71. The highest BCUT2D eigenvalue weighted by Crippen LogP contribution is 2.25. The molecule has 1 aromatic carbocycles. The van der Waals surface area contributed by atoms with Crippen molar-refractivity contribution < 1.29 is 39.1 Å². The third-order valence-electron chi connectivity index (χ3n) is 3.34. The quantitative estimate of drug-likeness (QED) is 0.469. The molecule has 1 aliphatic heterocycles. The highest BCUT2D eigenvalue weighted by atomic mass is 16.7. The minimum absolute atomic E-state index is 0.423. The van der Waals surface area contributed by atoms with E-state index in [0.717, 1.165) is 0 Å². The van der Waals surface area contributed by atoms with Crippen molar-refractivity contribution in [2.75, 3.05) is 13.4 Å². The summed E-state index contributed by atoms with van der Waals surface area (Å²) in [5.41, 5.74) is 0. The normalized spacial score (nSPS) is 30.7. The molecule has 0 bridgehead atoms. The van der Waals surface area contributed by atoms with Gasteiger partial charge < -0.3 is 34.3 Å². The highest BCUT2D eigenvalue weighted by Gasteiger charge is 2.46. The van der Waals surface area contributed by atoms with Crippen LogP contribution < -0.4 is 4.74 Å². The molecule has 1 saturated heterocycles. The van der Waals surface area contributed by atoms with E-state index >= 15 is 0 Å². The summed E-state index contributed by atoms with van der Waals surface area (Å²) in [6, 6.07) is 8.62. The molecule has 2 rings (SSSR count). The minimum atomic E-state index is -1.40. The zero-order valence-electron chi connectivity index (χ0n) is 12.6. The largest absolute Gasteiger partial charge is 0.462 e. The van der Waals surface area contributed by atoms with Crippen LogP contribution in [0.1, 0.15) is 6.92 Å². The molecule has 0 aromatic heterocycles. The van der Waals surface area contributed by atoms with E-state index in [-0.39, 0.29) is 0 Å². The molecule has 1 heterocycles. The number of para-hydroxylation sites is 1. The molecule has 1 fully saturated rings. The van der Waals surface area contributed by atoms with Crippen LogP contribution in [0.3, 0.4) is 0 Å². The van der Waals surface area contributed by atoms with Gasteiger partial charge in [-0.25, -0.2) is 0 Å². The van der Waals surface area contributed by atoms with E-state index < -0.39 is 50.1 Å². The third-order valence-corrected chi connectivity index (χ3v) is 3.34. The van der Waals surface area contributed by atoms with Crippen molar-refractivity contribution in [3.05, 3.63) is 30.3 Å². The highest BCUT2D eigenvalue weighted by molar-refractivity contribution is 5.65. The van der Waals surface area contributed by atoms with Gasteiger partial charge in [0, 0.05) is 6.92 Å². The number of rotatable bonds is 6. The lowest BCUT2D eigenvalue weighted by molar-refractivity contribution is -0.294. The first-order chi connectivity index (χ1) is 11.0. The molecule has 0 radical (unpaired) electrons. The predicted octanol–water partition coefficient (Wildman–Crippen LogP) is -0.590. The first-order valence-electron chi connectivity index (χ1n) is 7.12. The Kier molecular flexibility index (Phi) is 6.31. The molecule has 1 aromatic rings. The van der Waals surface area contributed by atoms with E-state index in [1.807, 2.05) is 0 Å². The Morgan fingerprint density at radius 3 is 2.52 bits per heavy atom. The summed E-state index contributed by atoms with van der Waals surface area (Å²) in [5.74, 6) is -0.109. The van der Waals surface area contributed by atoms with Crippen molar-refractivity contribution in [1.82, 2.24) is 0 Å². The van der Waals surface area contributed by atoms with Crippen LogP contribution in [0.4, 0.5) is 0 Å². The van der Waals surface area contributed by atoms with E-state index in [0.29, 0.717) is 5.75 Å². The molecule has 128 valence electrons. The summed E-state index contributed by atoms with van der Waals surface area (Å²) in [6.07, 6.45) is -5.97. The van der Waals surface area contributed by atoms with Gasteiger partial charge in [0.05, 0.1) is 6.61 Å². The maximum atomic E-state index is 10.7. The van der Waals surface area contributed by atoms with Crippen LogP contribution in [0.15, 0.2) is 30.3 Å². The Labute approximate surface area is 133 Å². The second-order valence-electron chi connectivity index (χ2n) is 5.02. The second-order valence-corrected chi connectivity index (χ2v) is 5.02. The van der Waals surface area contributed by atoms with Crippen molar-refractivity contribution >= 4 is 5.97 Å². The zero-order chi connectivity index (χ0) is 16.8. The summed E-state index contributed by atoms with van der Waals surface area (Å²) in [4.78, 5) is 10.7. The number of hydrogen-bond acceptors (Lipinski definition) is 8. The van der Waals surface area contributed by atoms with Gasteiger partial charge in [0.25, 0.3) is 0 Å². The van der Waals surface area contributed by atoms with Crippen molar-refractivity contribution in [2.45, 2.75) is 37.6 Å². The van der Waals surface area contributed by atoms with Gasteiger partial charge in [-0.05, 0) is 12.1 Å². The zero-order valence-corrected chi connectivity index (χ0v) is 12.6. The molecular formula is C15H20O8. The van der Waals surface area contributed by atoms with Crippen LogP contribution in [0.5, 0.6) is 5.75 Å². The van der Waals surface area contributed by atoms with Gasteiger partial charge in [0.15, 0.2) is 6.79 Å². The van der Waals surface area contributed by atoms with Crippen LogP contribution in [0.2, 0.25) is 0 Å². The van der Waals surface area contributed by atoms with Gasteiger partial charge >= 0.3 is 5.97 Å². The molecule has 8 heteroatoms. The van der Waals surface area contributed by atoms with Gasteiger partial charge in [-0.2, -0.15) is 0 Å². The van der Waals surface area contributed by atoms with E-state index in [1.165, 1.54) is 6.92 Å². The SMILES string of the molecule is CC(=O)OCO[C@H]1[C@H](O)[C@@H](O)C(Oc2ccccc2)O[C@@H]1CO. The Morgan fingerprint density at radius 1 is 1.22 bits per heavy atom. The molecule has 5 atom stereocenters. The maximum absolute atomic E-state index is 10.7. The molecule has 3 N–H and O–H groups in total. The molecule has 8 nitrogen and oxygen atoms in total. The summed E-state index contributed by atoms with van der Waals surface area (Å²) in [7, 11) is 0. The van der Waals surface area contributed by atoms with Gasteiger partial charge in [-0.1, -0.05) is 18.2 Å². The topological polar surface area (TPSA) is 115 Å². The van der Waals surface area contributed by atoms with E-state index in [1.54, 1.807) is 30.3 Å². The predicted molar refractivity (Wildman–Crippen MR) is 76.3 cm³/mol. The molecule has 0 spiro atoms. The number of ether oxygens (including phenoxy) is 4. The fourth-order valence-corrected chi connectivity index (χ4v) is 2.18. The Morgan fingerprint density at radius 2 is 1.91 bits per heavy atom. The van der Waals surface area contributed by atoms with Crippen LogP contribution in [0.25, 0.3) is 0 Å². The number of aliphatic hydroxyl groups excluding tert-OH is 3. The molecule has 23 heavy (non-hydrogen) atoms. The molecule has 0 saturated carbocycles. The summed E-state index contributed by atoms with van der Waals surface area (Å²) in [5, 5.41) is 29.7. The minimum Gasteiger partial charge on any atom is -0.462 e. The lowest BCUT2D eigenvalue weighted by Crippen LogP contribution is -2.61. The number of benzene rings is 1. The lowest BCUT2D eigenvalue weighted by Gasteiger charge is -2.41. The van der Waals surface area contributed by atoms with Crippen molar-refractivity contribution in [3.63, 3.8) is 0 Å². The molecule has 1 aliphatic rings. The molecule has 0 amide bonds. The number of aliphatic hydroxyl groups is 3. The van der Waals surface area contributed by atoms with Crippen LogP contribution in [-0.2, 0) is 19.0 Å². The van der Waals surface area contributed by atoms with Gasteiger partial charge in [0.2, 0.25) is 6.29 Å². The molecular weight excluding hydrogens is 308 g/mol. The summed E-state index contributed by atoms with van der Waals surface area (Å²) in [6.45, 7) is 0.316. The van der Waals surface area contributed by atoms with Crippen LogP contribution >= 0.6 is 0 Å². The molecule has 1 unspecified atom stereocenters. The maximum Gasteiger partial charge on any atom is 0.304 e. The standard InChI is InChI=1S/C15H20O8/c1-9(17)20-8-21-14-11(7-16)23-15(13(19)12(14)18)22-10-5-3-2-4-6-10/h2-6,11-16,18-19H,7-8H2,1H3/t11-,12-,13-,14-,15?/m1/s1. The summed E-state index contributed by atoms with van der Waals surface area (Å²) >= 11 is 0. The van der Waals surface area contributed by atoms with E-state index in [9.17, 15) is 20.1 Å². The number of esters is 1. The molecule has 0 aliphatic carbocycles. The lowest BCUT2D eigenvalue weighted by atomic mass is 9.99. The van der Waals surface area contributed by atoms with E-state index in [4.69, 9.17) is 14.2 Å². The number of hydrogen-bond donors (Lipinski definition) is 3. The van der Waals surface area contributed by atoms with Crippen LogP contribution in [-0.4, -0.2) is 65.4 Å². The number of carbonyl (C=O) groups is 1. The Balaban J connectivity index is 2.00. The van der Waals surface area contributed by atoms with Crippen molar-refractivity contribution in [3.8, 4) is 5.75 Å². The smallest absolute Gasteiger partial charge is 0.304 e. The first kappa shape index (κ1) is 17.6. The monoisotopic (exact) mass is 328 g/mol. The third kappa shape index (κ3) is 4.63. The van der Waals surface area contributed by atoms with Gasteiger partial charge in [-0.3, -0.25) is 4.79 Å². The van der Waals surface area contributed by atoms with Crippen molar-refractivity contribution in [1.29, 1.82) is 0 Å². The van der Waals surface area contributed by atoms with Gasteiger partial charge in [-0.15, -0.1) is 0 Å². The average Bonchev–Trinajstić information content (AvgIpc) is 2.54. The van der Waals surface area contributed by atoms with E-state index in [2.05, 4.69) is 4.74 Å². The summed E-state index contributed by atoms with van der Waals surface area (Å²) < 4.78 is 20.7. The Bertz CT molecular complexity index is 492. The fourth-order valence-electron chi connectivity index (χ4n) is 2.18. The average molecular weight is 328 g/mol. The fraction of sp³-hybridized carbons (Fsp3) is 0.533. The number of carbonyl (C=O) groups excluding carboxylic acids is 1. The van der Waals surface area contributed by atoms with Crippen molar-refractivity contribution in [2.24, 2.45) is 0 Å².